The molecule has 27 heavy (non-hydrogen) atoms. The molecule has 0 aromatic heterocycles. The summed E-state index contributed by atoms with van der Waals surface area (Å²) >= 11 is 0. The maximum atomic E-state index is 12.9. The van der Waals surface area contributed by atoms with E-state index in [2.05, 4.69) is 0 Å². The molecule has 1 aromatic carbocycles. The summed E-state index contributed by atoms with van der Waals surface area (Å²) in [5, 5.41) is 0. The van der Waals surface area contributed by atoms with Crippen LogP contribution in [0.2, 0.25) is 0 Å². The molecule has 1 aliphatic heterocycles. The minimum Gasteiger partial charge on any atom is -0.381 e. The van der Waals surface area contributed by atoms with Crippen molar-refractivity contribution < 1.29 is 19.1 Å². The molecule has 4 heteroatoms. The van der Waals surface area contributed by atoms with Gasteiger partial charge in [0.05, 0.1) is 19.1 Å². The molecule has 1 heterocycles. The fourth-order valence-corrected chi connectivity index (χ4v) is 4.04. The normalized spacial score (nSPS) is 22.1. The molecule has 2 aliphatic rings. The molecular formula is C23H30O4. The van der Waals surface area contributed by atoms with Crippen molar-refractivity contribution in [2.24, 2.45) is 16.7 Å². The van der Waals surface area contributed by atoms with Crippen molar-refractivity contribution in [1.82, 2.24) is 0 Å². The molecule has 4 nitrogen and oxygen atoms in total. The second-order valence-corrected chi connectivity index (χ2v) is 8.75. The van der Waals surface area contributed by atoms with Crippen LogP contribution in [-0.4, -0.2) is 31.4 Å². The summed E-state index contributed by atoms with van der Waals surface area (Å²) in [6.45, 7) is 6.50. The second kappa shape index (κ2) is 8.49. The van der Waals surface area contributed by atoms with Crippen LogP contribution in [-0.2, 0) is 25.7 Å². The molecule has 1 atom stereocenters. The van der Waals surface area contributed by atoms with Crippen molar-refractivity contribution in [3.8, 4) is 0 Å². The lowest BCUT2D eigenvalue weighted by Crippen LogP contribution is -2.39. The largest absolute Gasteiger partial charge is 0.381 e. The molecule has 1 unspecified atom stereocenters. The van der Waals surface area contributed by atoms with Crippen LogP contribution in [0.1, 0.15) is 45.1 Å². The number of Topliss-reactive ketones (excluding diaryl/α,β-unsaturated/α-hetero) is 1. The maximum Gasteiger partial charge on any atom is 0.165 e. The quantitative estimate of drug-likeness (QED) is 0.677. The minimum absolute atomic E-state index is 0.0412. The second-order valence-electron chi connectivity index (χ2n) is 8.75. The molecule has 1 fully saturated rings. The van der Waals surface area contributed by atoms with Crippen LogP contribution in [0, 0.1) is 16.7 Å². The Morgan fingerprint density at radius 1 is 1.22 bits per heavy atom. The van der Waals surface area contributed by atoms with Gasteiger partial charge in [0.1, 0.15) is 5.78 Å². The van der Waals surface area contributed by atoms with Crippen molar-refractivity contribution in [2.45, 2.75) is 46.1 Å². The predicted molar refractivity (Wildman–Crippen MR) is 104 cm³/mol. The van der Waals surface area contributed by atoms with Gasteiger partial charge in [-0.1, -0.05) is 50.3 Å². The third kappa shape index (κ3) is 5.36. The standard InChI is InChI=1S/C23H30O4/c1-22(2,17-27-16-18-6-4-3-5-7-18)15-21(25)19-14-23(9-8-20(19)24)10-12-26-13-11-23/h3-9,19H,10-17H2,1-2H3. The molecule has 1 spiro atoms. The highest BCUT2D eigenvalue weighted by Crippen LogP contribution is 2.42. The Morgan fingerprint density at radius 3 is 2.63 bits per heavy atom. The Bertz CT molecular complexity index is 684. The Labute approximate surface area is 161 Å². The van der Waals surface area contributed by atoms with Gasteiger partial charge in [0.25, 0.3) is 0 Å². The Balaban J connectivity index is 1.54. The molecule has 0 amide bonds. The number of hydrogen-bond donors (Lipinski definition) is 0. The van der Waals surface area contributed by atoms with Gasteiger partial charge in [-0.05, 0) is 41.7 Å². The van der Waals surface area contributed by atoms with Crippen LogP contribution in [0.15, 0.2) is 42.5 Å². The van der Waals surface area contributed by atoms with Crippen LogP contribution in [0.4, 0.5) is 0 Å². The number of benzene rings is 1. The number of rotatable bonds is 7. The van der Waals surface area contributed by atoms with Gasteiger partial charge in [-0.2, -0.15) is 0 Å². The first kappa shape index (κ1) is 20.0. The lowest BCUT2D eigenvalue weighted by molar-refractivity contribution is -0.135. The number of carbonyl (C=O) groups is 2. The Kier molecular flexibility index (Phi) is 6.28. The summed E-state index contributed by atoms with van der Waals surface area (Å²) in [6.07, 6.45) is 6.43. The molecule has 0 N–H and O–H groups in total. The summed E-state index contributed by atoms with van der Waals surface area (Å²) in [7, 11) is 0. The first-order chi connectivity index (χ1) is 12.9. The zero-order valence-corrected chi connectivity index (χ0v) is 16.4. The molecule has 3 rings (SSSR count). The predicted octanol–water partition coefficient (Wildman–Crippen LogP) is 4.13. The van der Waals surface area contributed by atoms with E-state index < -0.39 is 5.92 Å². The van der Waals surface area contributed by atoms with Gasteiger partial charge in [0.2, 0.25) is 0 Å². The van der Waals surface area contributed by atoms with Crippen molar-refractivity contribution >= 4 is 11.6 Å². The van der Waals surface area contributed by atoms with Crippen LogP contribution in [0.5, 0.6) is 0 Å². The van der Waals surface area contributed by atoms with Crippen molar-refractivity contribution in [3.63, 3.8) is 0 Å². The summed E-state index contributed by atoms with van der Waals surface area (Å²) in [4.78, 5) is 25.3. The van der Waals surface area contributed by atoms with Gasteiger partial charge < -0.3 is 9.47 Å². The lowest BCUT2D eigenvalue weighted by Gasteiger charge is -2.39. The molecule has 1 aromatic rings. The molecule has 0 saturated carbocycles. The summed E-state index contributed by atoms with van der Waals surface area (Å²) < 4.78 is 11.3. The molecule has 0 bridgehead atoms. The van der Waals surface area contributed by atoms with Gasteiger partial charge in [-0.25, -0.2) is 0 Å². The van der Waals surface area contributed by atoms with Gasteiger partial charge in [-0.3, -0.25) is 9.59 Å². The van der Waals surface area contributed by atoms with Crippen LogP contribution < -0.4 is 0 Å². The van der Waals surface area contributed by atoms with Crippen LogP contribution in [0.25, 0.3) is 0 Å². The van der Waals surface area contributed by atoms with E-state index in [9.17, 15) is 9.59 Å². The van der Waals surface area contributed by atoms with Gasteiger partial charge in [-0.15, -0.1) is 0 Å². The van der Waals surface area contributed by atoms with E-state index >= 15 is 0 Å². The fourth-order valence-electron chi connectivity index (χ4n) is 4.04. The molecule has 0 radical (unpaired) electrons. The molecule has 146 valence electrons. The summed E-state index contributed by atoms with van der Waals surface area (Å²) in [5.74, 6) is -0.511. The van der Waals surface area contributed by atoms with E-state index in [0.717, 1.165) is 18.4 Å². The highest BCUT2D eigenvalue weighted by molar-refractivity contribution is 6.08. The zero-order valence-electron chi connectivity index (χ0n) is 16.4. The third-order valence-electron chi connectivity index (χ3n) is 5.69. The number of allylic oxidation sites excluding steroid dienone is 2. The van der Waals surface area contributed by atoms with Gasteiger partial charge in [0.15, 0.2) is 5.78 Å². The third-order valence-corrected chi connectivity index (χ3v) is 5.69. The number of hydrogen-bond acceptors (Lipinski definition) is 4. The zero-order chi connectivity index (χ0) is 19.3. The minimum atomic E-state index is -0.513. The smallest absolute Gasteiger partial charge is 0.165 e. The van der Waals surface area contributed by atoms with Crippen molar-refractivity contribution in [1.29, 1.82) is 0 Å². The van der Waals surface area contributed by atoms with E-state index in [-0.39, 0.29) is 22.4 Å². The molecular weight excluding hydrogens is 340 g/mol. The number of ketones is 2. The highest BCUT2D eigenvalue weighted by Gasteiger charge is 2.41. The topological polar surface area (TPSA) is 52.6 Å². The van der Waals surface area contributed by atoms with Crippen LogP contribution in [0.3, 0.4) is 0 Å². The molecule has 1 saturated heterocycles. The first-order valence-corrected chi connectivity index (χ1v) is 9.84. The average molecular weight is 370 g/mol. The summed E-state index contributed by atoms with van der Waals surface area (Å²) in [5.41, 5.74) is 0.782. The van der Waals surface area contributed by atoms with Crippen molar-refractivity contribution in [2.75, 3.05) is 19.8 Å². The van der Waals surface area contributed by atoms with E-state index in [1.54, 1.807) is 6.08 Å². The first-order valence-electron chi connectivity index (χ1n) is 9.84. The van der Waals surface area contributed by atoms with E-state index in [0.29, 0.717) is 39.3 Å². The Hall–Kier alpha value is -1.78. The fraction of sp³-hybridized carbons (Fsp3) is 0.565. The van der Waals surface area contributed by atoms with Gasteiger partial charge >= 0.3 is 0 Å². The maximum absolute atomic E-state index is 12.9. The van der Waals surface area contributed by atoms with Crippen LogP contribution >= 0.6 is 0 Å². The van der Waals surface area contributed by atoms with Crippen molar-refractivity contribution in [3.05, 3.63) is 48.0 Å². The lowest BCUT2D eigenvalue weighted by atomic mass is 9.67. The molecule has 1 aliphatic carbocycles. The van der Waals surface area contributed by atoms with Gasteiger partial charge in [0, 0.05) is 19.6 Å². The Morgan fingerprint density at radius 2 is 1.93 bits per heavy atom. The number of ether oxygens (including phenoxy) is 2. The number of carbonyl (C=O) groups excluding carboxylic acids is 2. The summed E-state index contributed by atoms with van der Waals surface area (Å²) in [6, 6.07) is 10.0. The highest BCUT2D eigenvalue weighted by atomic mass is 16.5. The monoisotopic (exact) mass is 370 g/mol. The van der Waals surface area contributed by atoms with E-state index in [4.69, 9.17) is 9.47 Å². The van der Waals surface area contributed by atoms with E-state index in [1.807, 2.05) is 50.3 Å². The average Bonchev–Trinajstić information content (AvgIpc) is 2.65. The SMILES string of the molecule is CC(C)(COCc1ccccc1)CC(=O)C1CC2(C=CC1=O)CCOCC2. The van der Waals surface area contributed by atoms with E-state index in [1.165, 1.54) is 0 Å².